The van der Waals surface area contributed by atoms with Crippen LogP contribution in [0, 0.1) is 0 Å². The molecule has 4 saturated carbocycles. The van der Waals surface area contributed by atoms with Crippen LogP contribution in [0.2, 0.25) is 0 Å². The van der Waals surface area contributed by atoms with Crippen molar-refractivity contribution in [1.82, 2.24) is 0 Å². The van der Waals surface area contributed by atoms with Gasteiger partial charge in [0.15, 0.2) is 0 Å². The van der Waals surface area contributed by atoms with Crippen molar-refractivity contribution in [2.45, 2.75) is 151 Å². The molecule has 3 heteroatoms. The van der Waals surface area contributed by atoms with Crippen LogP contribution in [-0.4, -0.2) is 33.8 Å². The van der Waals surface area contributed by atoms with Crippen molar-refractivity contribution >= 4 is 7.26 Å². The second-order valence-corrected chi connectivity index (χ2v) is 16.1. The first-order valence-corrected chi connectivity index (χ1v) is 16.5. The average molecular weight is 462 g/mol. The molecule has 0 aliphatic heterocycles. The highest BCUT2D eigenvalue weighted by Crippen LogP contribution is 2.77. The molecule has 4 rings (SSSR count). The summed E-state index contributed by atoms with van der Waals surface area (Å²) < 4.78 is 6.30. The Balaban J connectivity index is 1.60. The van der Waals surface area contributed by atoms with Crippen molar-refractivity contribution in [2.75, 3.05) is 6.16 Å². The Labute approximate surface area is 199 Å². The molecule has 182 valence electrons. The van der Waals surface area contributed by atoms with E-state index in [1.165, 1.54) is 116 Å². The Morgan fingerprint density at radius 1 is 0.719 bits per heavy atom. The molecule has 1 N–H and O–H groups in total. The van der Waals surface area contributed by atoms with Crippen molar-refractivity contribution in [2.24, 2.45) is 0 Å². The molecule has 0 saturated heterocycles. The topological polar surface area (TPSA) is 29.5 Å². The van der Waals surface area contributed by atoms with Gasteiger partial charge in [0.1, 0.15) is 5.60 Å². The van der Waals surface area contributed by atoms with Gasteiger partial charge in [-0.1, -0.05) is 32.3 Å². The highest BCUT2D eigenvalue weighted by molar-refractivity contribution is 7.78. The summed E-state index contributed by atoms with van der Waals surface area (Å²) in [7, 11) is -1.20. The van der Waals surface area contributed by atoms with E-state index in [1.807, 2.05) is 6.08 Å². The minimum Gasteiger partial charge on any atom is -0.481 e. The maximum atomic E-state index is 11.1. The van der Waals surface area contributed by atoms with Crippen LogP contribution in [0.3, 0.4) is 0 Å². The molecule has 0 amide bonds. The second kappa shape index (κ2) is 11.8. The number of rotatable bonds is 8. The molecule has 32 heavy (non-hydrogen) atoms. The lowest BCUT2D eigenvalue weighted by Gasteiger charge is -2.48. The summed E-state index contributed by atoms with van der Waals surface area (Å²) in [5, 5.41) is 11.1. The number of hydrogen-bond donors (Lipinski definition) is 1. The van der Waals surface area contributed by atoms with Gasteiger partial charge in [0.2, 0.25) is 0 Å². The van der Waals surface area contributed by atoms with E-state index in [-0.39, 0.29) is 11.5 Å². The first kappa shape index (κ1) is 24.6. The van der Waals surface area contributed by atoms with Crippen molar-refractivity contribution < 1.29 is 9.84 Å². The summed E-state index contributed by atoms with van der Waals surface area (Å²) in [4.78, 5) is 0. The van der Waals surface area contributed by atoms with E-state index in [9.17, 15) is 5.11 Å². The average Bonchev–Trinajstić information content (AvgIpc) is 2.87. The third kappa shape index (κ3) is 5.59. The summed E-state index contributed by atoms with van der Waals surface area (Å²) in [6, 6.07) is 0. The number of hydrogen-bond acceptors (Lipinski definition) is 2. The van der Waals surface area contributed by atoms with Crippen LogP contribution in [0.4, 0.5) is 0 Å². The van der Waals surface area contributed by atoms with Gasteiger partial charge in [-0.15, -0.1) is 0 Å². The third-order valence-electron chi connectivity index (χ3n) is 9.73. The van der Waals surface area contributed by atoms with Gasteiger partial charge in [0, 0.05) is 13.3 Å². The molecule has 4 aliphatic carbocycles. The summed E-state index contributed by atoms with van der Waals surface area (Å²) >= 11 is 0. The first-order valence-electron chi connectivity index (χ1n) is 14.3. The molecule has 0 unspecified atom stereocenters. The summed E-state index contributed by atoms with van der Waals surface area (Å²) in [6.07, 6.45) is 32.7. The largest absolute Gasteiger partial charge is 0.481 e. The van der Waals surface area contributed by atoms with E-state index in [1.54, 1.807) is 0 Å². The minimum atomic E-state index is -1.20. The van der Waals surface area contributed by atoms with E-state index in [0.717, 1.165) is 36.0 Å². The highest BCUT2D eigenvalue weighted by atomic mass is 31.2. The lowest BCUT2D eigenvalue weighted by atomic mass is 9.85. The maximum Gasteiger partial charge on any atom is 0.276 e. The molecule has 4 fully saturated rings. The number of aliphatic hydroxyl groups is 1. The number of allylic oxidation sites excluding steroid dienone is 1. The zero-order chi connectivity index (χ0) is 22.3. The zero-order valence-corrected chi connectivity index (χ0v) is 21.6. The zero-order valence-electron chi connectivity index (χ0n) is 20.7. The maximum absolute atomic E-state index is 11.1. The molecule has 0 bridgehead atoms. The number of aliphatic hydroxyl groups excluding tert-OH is 1. The Hall–Kier alpha value is -0.490. The fourth-order valence-electron chi connectivity index (χ4n) is 8.01. The Morgan fingerprint density at radius 3 is 1.53 bits per heavy atom. The van der Waals surface area contributed by atoms with Crippen LogP contribution in [0.1, 0.15) is 128 Å². The van der Waals surface area contributed by atoms with Gasteiger partial charge in [-0.2, -0.15) is 0 Å². The summed E-state index contributed by atoms with van der Waals surface area (Å²) in [5.41, 5.74) is 2.53. The number of ether oxygens (including phenoxy) is 1. The van der Waals surface area contributed by atoms with E-state index >= 15 is 0 Å². The van der Waals surface area contributed by atoms with Crippen LogP contribution in [-0.2, 0) is 4.74 Å². The standard InChI is InChI=1S/C29H49O2P/c1-2-29(22-13-6-14-23-29)31-28(30)21-24-32(25-15-7-3-8-16-25,26-17-9-4-10-18-26)27-19-11-5-12-20-27/h2,21,25-27H,1,3-20,22-24H2/p+1/b28-21+. The molecular formula is C29H50O2P+. The molecule has 2 nitrogen and oxygen atoms in total. The third-order valence-corrected chi connectivity index (χ3v) is 16.2. The van der Waals surface area contributed by atoms with Crippen LogP contribution in [0.25, 0.3) is 0 Å². The molecule has 4 aliphatic rings. The van der Waals surface area contributed by atoms with Crippen LogP contribution < -0.4 is 0 Å². The molecule has 0 atom stereocenters. The second-order valence-electron chi connectivity index (χ2n) is 11.5. The summed E-state index contributed by atoms with van der Waals surface area (Å²) in [5.74, 6) is 0.221. The molecule has 0 heterocycles. The fraction of sp³-hybridized carbons (Fsp3) is 0.862. The molecule has 0 radical (unpaired) electrons. The van der Waals surface area contributed by atoms with Gasteiger partial charge in [0.05, 0.1) is 23.1 Å². The van der Waals surface area contributed by atoms with Crippen molar-refractivity contribution in [3.63, 3.8) is 0 Å². The lowest BCUT2D eigenvalue weighted by molar-refractivity contribution is -0.0406. The first-order chi connectivity index (χ1) is 15.7. The molecule has 0 aromatic rings. The quantitative estimate of drug-likeness (QED) is 0.222. The van der Waals surface area contributed by atoms with E-state index < -0.39 is 7.26 Å². The highest BCUT2D eigenvalue weighted by Gasteiger charge is 2.56. The van der Waals surface area contributed by atoms with Gasteiger partial charge in [-0.3, -0.25) is 0 Å². The molecular weight excluding hydrogens is 411 g/mol. The summed E-state index contributed by atoms with van der Waals surface area (Å²) in [6.45, 7) is 4.08. The van der Waals surface area contributed by atoms with Crippen LogP contribution in [0.5, 0.6) is 0 Å². The van der Waals surface area contributed by atoms with Gasteiger partial charge in [0.25, 0.3) is 5.95 Å². The van der Waals surface area contributed by atoms with E-state index in [0.29, 0.717) is 0 Å². The Kier molecular flexibility index (Phi) is 9.06. The van der Waals surface area contributed by atoms with Crippen LogP contribution >= 0.6 is 7.26 Å². The van der Waals surface area contributed by atoms with Gasteiger partial charge in [-0.25, -0.2) is 0 Å². The lowest BCUT2D eigenvalue weighted by Crippen LogP contribution is -2.37. The predicted molar refractivity (Wildman–Crippen MR) is 140 cm³/mol. The Morgan fingerprint density at radius 2 is 1.12 bits per heavy atom. The van der Waals surface area contributed by atoms with Crippen molar-refractivity contribution in [3.8, 4) is 0 Å². The minimum absolute atomic E-state index is 0.221. The normalized spacial score (nSPS) is 27.2. The van der Waals surface area contributed by atoms with Crippen molar-refractivity contribution in [3.05, 3.63) is 24.7 Å². The van der Waals surface area contributed by atoms with Crippen LogP contribution in [0.15, 0.2) is 24.7 Å². The molecule has 0 spiro atoms. The SMILES string of the molecule is C=CC1(O/C(O)=C/C[P+](C2CCCCC2)(C2CCCCC2)C2CCCCC2)CCCCC1. The van der Waals surface area contributed by atoms with E-state index in [4.69, 9.17) is 4.74 Å². The monoisotopic (exact) mass is 461 g/mol. The predicted octanol–water partition coefficient (Wildman–Crippen LogP) is 9.31. The van der Waals surface area contributed by atoms with Gasteiger partial charge in [-0.05, 0) is 109 Å². The van der Waals surface area contributed by atoms with Gasteiger partial charge >= 0.3 is 0 Å². The van der Waals surface area contributed by atoms with E-state index in [2.05, 4.69) is 12.7 Å². The molecule has 0 aromatic heterocycles. The molecule has 0 aromatic carbocycles. The fourth-order valence-corrected chi connectivity index (χ4v) is 15.1. The smallest absolute Gasteiger partial charge is 0.276 e. The van der Waals surface area contributed by atoms with Gasteiger partial charge < -0.3 is 9.84 Å². The van der Waals surface area contributed by atoms with Crippen molar-refractivity contribution in [1.29, 1.82) is 0 Å². The Bertz CT molecular complexity index is 557.